The van der Waals surface area contributed by atoms with E-state index in [-0.39, 0.29) is 6.61 Å². The molecule has 5 heteroatoms. The SMILES string of the molecule is CCn1c(C)[n+](C[C@H](O)COc2ccc(Cl)cc2)c2ccccc21. The molecule has 0 amide bonds. The number of aromatic nitrogens is 2. The van der Waals surface area contributed by atoms with E-state index in [4.69, 9.17) is 16.3 Å². The molecule has 0 aliphatic rings. The third kappa shape index (κ3) is 3.40. The van der Waals surface area contributed by atoms with E-state index >= 15 is 0 Å². The van der Waals surface area contributed by atoms with Gasteiger partial charge in [-0.05, 0) is 43.3 Å². The minimum atomic E-state index is -0.597. The topological polar surface area (TPSA) is 38.3 Å². The van der Waals surface area contributed by atoms with Crippen LogP contribution >= 0.6 is 11.6 Å². The van der Waals surface area contributed by atoms with Gasteiger partial charge in [0, 0.05) is 11.9 Å². The minimum Gasteiger partial charge on any atom is -0.491 e. The molecule has 0 aliphatic heterocycles. The molecular weight excluding hydrogens is 324 g/mol. The molecule has 0 saturated heterocycles. The Balaban J connectivity index is 1.74. The Bertz CT molecular complexity index is 827. The second-order valence-corrected chi connectivity index (χ2v) is 6.25. The first-order valence-electron chi connectivity index (χ1n) is 8.14. The summed E-state index contributed by atoms with van der Waals surface area (Å²) in [5.74, 6) is 1.83. The fraction of sp³-hybridized carbons (Fsp3) is 0.316. The maximum atomic E-state index is 10.4. The summed E-state index contributed by atoms with van der Waals surface area (Å²) in [7, 11) is 0. The van der Waals surface area contributed by atoms with Crippen molar-refractivity contribution in [3.63, 3.8) is 0 Å². The van der Waals surface area contributed by atoms with Crippen LogP contribution in [0, 0.1) is 6.92 Å². The average Bonchev–Trinajstić information content (AvgIpc) is 2.86. The zero-order valence-corrected chi connectivity index (χ0v) is 14.7. The van der Waals surface area contributed by atoms with Gasteiger partial charge >= 0.3 is 0 Å². The number of aryl methyl sites for hydroxylation is 1. The van der Waals surface area contributed by atoms with Gasteiger partial charge in [-0.1, -0.05) is 23.7 Å². The Morgan fingerprint density at radius 2 is 1.88 bits per heavy atom. The smallest absolute Gasteiger partial charge is 0.254 e. The summed E-state index contributed by atoms with van der Waals surface area (Å²) >= 11 is 5.86. The molecule has 0 unspecified atom stereocenters. The van der Waals surface area contributed by atoms with Gasteiger partial charge in [-0.25, -0.2) is 9.13 Å². The lowest BCUT2D eigenvalue weighted by Gasteiger charge is -2.11. The molecule has 0 aliphatic carbocycles. The largest absolute Gasteiger partial charge is 0.491 e. The van der Waals surface area contributed by atoms with Crippen LogP contribution in [-0.4, -0.2) is 22.4 Å². The number of aliphatic hydroxyl groups is 1. The lowest BCUT2D eigenvalue weighted by atomic mass is 10.3. The number of halogens is 1. The normalized spacial score (nSPS) is 12.5. The average molecular weight is 346 g/mol. The number of nitrogens with zero attached hydrogens (tertiary/aromatic N) is 2. The highest BCUT2D eigenvalue weighted by Gasteiger charge is 2.22. The van der Waals surface area contributed by atoms with Gasteiger partial charge in [-0.3, -0.25) is 0 Å². The van der Waals surface area contributed by atoms with Gasteiger partial charge < -0.3 is 9.84 Å². The Hall–Kier alpha value is -2.04. The summed E-state index contributed by atoms with van der Waals surface area (Å²) in [4.78, 5) is 0. The fourth-order valence-corrected chi connectivity index (χ4v) is 3.16. The molecule has 3 aromatic rings. The summed E-state index contributed by atoms with van der Waals surface area (Å²) in [6.07, 6.45) is -0.597. The third-order valence-corrected chi connectivity index (χ3v) is 4.46. The molecule has 3 rings (SSSR count). The van der Waals surface area contributed by atoms with Gasteiger partial charge in [-0.15, -0.1) is 0 Å². The van der Waals surface area contributed by atoms with E-state index in [1.165, 1.54) is 5.52 Å². The first kappa shape index (κ1) is 16.8. The van der Waals surface area contributed by atoms with Crippen LogP contribution in [0.25, 0.3) is 11.0 Å². The zero-order chi connectivity index (χ0) is 17.1. The number of imidazole rings is 1. The highest BCUT2D eigenvalue weighted by Crippen LogP contribution is 2.16. The number of fused-ring (bicyclic) bond motifs is 1. The van der Waals surface area contributed by atoms with Crippen molar-refractivity contribution >= 4 is 22.6 Å². The molecule has 0 bridgehead atoms. The second kappa shape index (κ2) is 7.24. The summed E-state index contributed by atoms with van der Waals surface area (Å²) in [5.41, 5.74) is 2.31. The third-order valence-electron chi connectivity index (χ3n) is 4.21. The Labute approximate surface area is 146 Å². The number of aliphatic hydroxyl groups excluding tert-OH is 1. The Kier molecular flexibility index (Phi) is 5.07. The van der Waals surface area contributed by atoms with Gasteiger partial charge in [0.25, 0.3) is 5.82 Å². The summed E-state index contributed by atoms with van der Waals surface area (Å²) in [6.45, 7) is 5.84. The predicted octanol–water partition coefficient (Wildman–Crippen LogP) is 3.35. The molecule has 0 fully saturated rings. The van der Waals surface area contributed by atoms with Gasteiger partial charge in [0.15, 0.2) is 11.0 Å². The van der Waals surface area contributed by atoms with Crippen molar-refractivity contribution in [3.05, 3.63) is 59.4 Å². The van der Waals surface area contributed by atoms with E-state index in [9.17, 15) is 5.11 Å². The minimum absolute atomic E-state index is 0.236. The summed E-state index contributed by atoms with van der Waals surface area (Å²) < 4.78 is 10.1. The van der Waals surface area contributed by atoms with Crippen LogP contribution in [0.5, 0.6) is 5.75 Å². The van der Waals surface area contributed by atoms with Crippen LogP contribution in [0.1, 0.15) is 12.7 Å². The van der Waals surface area contributed by atoms with E-state index in [1.54, 1.807) is 24.3 Å². The van der Waals surface area contributed by atoms with E-state index in [0.29, 0.717) is 17.3 Å². The lowest BCUT2D eigenvalue weighted by Crippen LogP contribution is -2.44. The number of hydrogen-bond acceptors (Lipinski definition) is 2. The van der Waals surface area contributed by atoms with Crippen molar-refractivity contribution in [2.75, 3.05) is 6.61 Å². The standard InChI is InChI=1S/C19H22ClN2O2/c1-3-21-14(2)22(19-7-5-4-6-18(19)21)12-16(23)13-24-17-10-8-15(20)9-11-17/h4-11,16,23H,3,12-13H2,1-2H3/q+1/t16-/m0/s1. The maximum absolute atomic E-state index is 10.4. The number of ether oxygens (including phenoxy) is 1. The van der Waals surface area contributed by atoms with Gasteiger partial charge in [0.1, 0.15) is 25.0 Å². The van der Waals surface area contributed by atoms with Crippen LogP contribution in [-0.2, 0) is 13.1 Å². The van der Waals surface area contributed by atoms with Crippen molar-refractivity contribution in [2.45, 2.75) is 33.0 Å². The second-order valence-electron chi connectivity index (χ2n) is 5.81. The quantitative estimate of drug-likeness (QED) is 0.696. The van der Waals surface area contributed by atoms with E-state index in [2.05, 4.69) is 35.1 Å². The van der Waals surface area contributed by atoms with Crippen LogP contribution in [0.4, 0.5) is 0 Å². The molecule has 1 atom stereocenters. The molecule has 126 valence electrons. The Morgan fingerprint density at radius 1 is 1.17 bits per heavy atom. The predicted molar refractivity (Wildman–Crippen MR) is 95.5 cm³/mol. The van der Waals surface area contributed by atoms with Crippen LogP contribution < -0.4 is 9.30 Å². The van der Waals surface area contributed by atoms with Crippen molar-refractivity contribution in [2.24, 2.45) is 0 Å². The highest BCUT2D eigenvalue weighted by molar-refractivity contribution is 6.30. The van der Waals surface area contributed by atoms with Crippen molar-refractivity contribution in [1.82, 2.24) is 4.57 Å². The van der Waals surface area contributed by atoms with Gasteiger partial charge in [-0.2, -0.15) is 0 Å². The number of rotatable bonds is 6. The zero-order valence-electron chi connectivity index (χ0n) is 13.9. The van der Waals surface area contributed by atoms with E-state index in [0.717, 1.165) is 17.9 Å². The first-order chi connectivity index (χ1) is 11.6. The van der Waals surface area contributed by atoms with Gasteiger partial charge in [0.2, 0.25) is 0 Å². The van der Waals surface area contributed by atoms with Crippen molar-refractivity contribution < 1.29 is 14.4 Å². The fourth-order valence-electron chi connectivity index (χ4n) is 3.03. The molecule has 2 aromatic carbocycles. The van der Waals surface area contributed by atoms with Crippen LogP contribution in [0.15, 0.2) is 48.5 Å². The maximum Gasteiger partial charge on any atom is 0.254 e. The van der Waals surface area contributed by atoms with Crippen LogP contribution in [0.3, 0.4) is 0 Å². The molecular formula is C19H22ClN2O2+. The summed E-state index contributed by atoms with van der Waals surface area (Å²) in [6, 6.07) is 15.4. The number of para-hydroxylation sites is 2. The number of hydrogen-bond donors (Lipinski definition) is 1. The highest BCUT2D eigenvalue weighted by atomic mass is 35.5. The van der Waals surface area contributed by atoms with Crippen molar-refractivity contribution in [3.8, 4) is 5.75 Å². The lowest BCUT2D eigenvalue weighted by molar-refractivity contribution is -0.685. The Morgan fingerprint density at radius 3 is 2.58 bits per heavy atom. The van der Waals surface area contributed by atoms with E-state index in [1.807, 2.05) is 12.1 Å². The monoisotopic (exact) mass is 345 g/mol. The molecule has 4 nitrogen and oxygen atoms in total. The molecule has 0 saturated carbocycles. The molecule has 0 spiro atoms. The van der Waals surface area contributed by atoms with Crippen molar-refractivity contribution in [1.29, 1.82) is 0 Å². The molecule has 24 heavy (non-hydrogen) atoms. The number of benzene rings is 2. The van der Waals surface area contributed by atoms with Gasteiger partial charge in [0.05, 0.1) is 6.54 Å². The molecule has 1 heterocycles. The molecule has 1 aromatic heterocycles. The first-order valence-corrected chi connectivity index (χ1v) is 8.52. The van der Waals surface area contributed by atoms with Crippen LogP contribution in [0.2, 0.25) is 5.02 Å². The molecule has 0 radical (unpaired) electrons. The van der Waals surface area contributed by atoms with E-state index < -0.39 is 6.10 Å². The summed E-state index contributed by atoms with van der Waals surface area (Å²) in [5, 5.41) is 11.1. The molecule has 1 N–H and O–H groups in total.